The summed E-state index contributed by atoms with van der Waals surface area (Å²) in [5.41, 5.74) is 6.02. The van der Waals surface area contributed by atoms with Gasteiger partial charge in [-0.05, 0) is 47.2 Å². The summed E-state index contributed by atoms with van der Waals surface area (Å²) in [6.07, 6.45) is -0.107. The smallest absolute Gasteiger partial charge is 0.345 e. The predicted molar refractivity (Wildman–Crippen MR) is 154 cm³/mol. The van der Waals surface area contributed by atoms with Gasteiger partial charge in [-0.15, -0.1) is 0 Å². The van der Waals surface area contributed by atoms with Gasteiger partial charge in [-0.2, -0.15) is 0 Å². The average Bonchev–Trinajstić information content (AvgIpc) is 2.93. The third-order valence-electron chi connectivity index (χ3n) is 7.13. The molecule has 8 nitrogen and oxygen atoms in total. The number of aliphatic carboxylic acids is 1. The summed E-state index contributed by atoms with van der Waals surface area (Å²) in [5, 5.41) is 13.6. The lowest BCUT2D eigenvalue weighted by atomic mass is 9.76. The predicted octanol–water partition coefficient (Wildman–Crippen LogP) is 5.21. The van der Waals surface area contributed by atoms with E-state index in [0.717, 1.165) is 41.9 Å². The molecular weight excluding hydrogens is 508 g/mol. The van der Waals surface area contributed by atoms with Crippen molar-refractivity contribution >= 4 is 23.3 Å². The van der Waals surface area contributed by atoms with Crippen molar-refractivity contribution in [1.29, 1.82) is 0 Å². The fourth-order valence-electron chi connectivity index (χ4n) is 4.95. The first-order valence-electron chi connectivity index (χ1n) is 13.4. The maximum absolute atomic E-state index is 11.4. The van der Waals surface area contributed by atoms with Gasteiger partial charge in [0.25, 0.3) is 0 Å². The van der Waals surface area contributed by atoms with Crippen LogP contribution in [0.15, 0.2) is 78.0 Å². The molecule has 4 rings (SSSR count). The van der Waals surface area contributed by atoms with Crippen LogP contribution in [0.4, 0.5) is 5.69 Å². The molecule has 0 fully saturated rings. The Bertz CT molecular complexity index is 1350. The molecule has 0 radical (unpaired) electrons. The van der Waals surface area contributed by atoms with Gasteiger partial charge in [-0.25, -0.2) is 4.79 Å². The number of rotatable bonds is 11. The molecule has 1 atom stereocenters. The summed E-state index contributed by atoms with van der Waals surface area (Å²) < 4.78 is 10.9. The quantitative estimate of drug-likeness (QED) is 0.201. The minimum atomic E-state index is -1.21. The largest absolute Gasteiger partial charge is 0.492 e. The van der Waals surface area contributed by atoms with Gasteiger partial charge in [0.2, 0.25) is 6.10 Å². The first kappa shape index (κ1) is 28.7. The van der Waals surface area contributed by atoms with Gasteiger partial charge in [0, 0.05) is 36.7 Å². The molecule has 1 aliphatic heterocycles. The molecule has 0 saturated heterocycles. The number of carbonyl (C=O) groups is 2. The maximum atomic E-state index is 11.4. The second-order valence-corrected chi connectivity index (χ2v) is 10.5. The zero-order valence-electron chi connectivity index (χ0n) is 23.4. The molecular formula is C32H36N2O6. The van der Waals surface area contributed by atoms with E-state index in [2.05, 4.69) is 42.1 Å². The molecule has 1 N–H and O–H groups in total. The maximum Gasteiger partial charge on any atom is 0.345 e. The zero-order chi connectivity index (χ0) is 28.7. The highest BCUT2D eigenvalue weighted by molar-refractivity contribution is 6.13. The van der Waals surface area contributed by atoms with Gasteiger partial charge >= 0.3 is 11.9 Å². The van der Waals surface area contributed by atoms with Crippen LogP contribution in [0.25, 0.3) is 0 Å². The number of carboxylic acid groups (broad SMARTS) is 1. The Morgan fingerprint density at radius 3 is 2.40 bits per heavy atom. The number of esters is 1. The average molecular weight is 545 g/mol. The lowest BCUT2D eigenvalue weighted by Gasteiger charge is -2.40. The van der Waals surface area contributed by atoms with Crippen LogP contribution in [0, 0.1) is 0 Å². The van der Waals surface area contributed by atoms with E-state index in [1.807, 2.05) is 42.5 Å². The van der Waals surface area contributed by atoms with E-state index in [-0.39, 0.29) is 11.8 Å². The van der Waals surface area contributed by atoms with Gasteiger partial charge < -0.3 is 24.3 Å². The monoisotopic (exact) mass is 544 g/mol. The SMILES string of the molecule is CO/N=C(\c1ccccc1)c1ccc2c(c1)C(C)(C)CCN2CCOc1ccc(C[C@H](OC(C)=O)C(=O)O)cc1. The van der Waals surface area contributed by atoms with Crippen molar-refractivity contribution in [3.05, 3.63) is 95.1 Å². The van der Waals surface area contributed by atoms with Crippen LogP contribution in [0.3, 0.4) is 0 Å². The molecule has 3 aromatic carbocycles. The number of hydrogen-bond donors (Lipinski definition) is 1. The summed E-state index contributed by atoms with van der Waals surface area (Å²) in [7, 11) is 1.57. The summed E-state index contributed by atoms with van der Waals surface area (Å²) in [4.78, 5) is 30.1. The molecule has 210 valence electrons. The van der Waals surface area contributed by atoms with Crippen molar-refractivity contribution in [2.24, 2.45) is 5.16 Å². The van der Waals surface area contributed by atoms with Crippen molar-refractivity contribution < 1.29 is 29.0 Å². The van der Waals surface area contributed by atoms with Crippen LogP contribution in [-0.2, 0) is 31.0 Å². The summed E-state index contributed by atoms with van der Waals surface area (Å²) in [5.74, 6) is -1.10. The number of benzene rings is 3. The van der Waals surface area contributed by atoms with E-state index in [1.165, 1.54) is 18.2 Å². The Balaban J connectivity index is 1.43. The number of anilines is 1. The number of ether oxygens (including phenoxy) is 2. The molecule has 0 aliphatic carbocycles. The molecule has 0 bridgehead atoms. The van der Waals surface area contributed by atoms with Crippen LogP contribution >= 0.6 is 0 Å². The molecule has 1 aliphatic rings. The number of hydrogen-bond acceptors (Lipinski definition) is 7. The van der Waals surface area contributed by atoms with E-state index in [4.69, 9.17) is 14.3 Å². The van der Waals surface area contributed by atoms with Crippen molar-refractivity contribution in [3.63, 3.8) is 0 Å². The van der Waals surface area contributed by atoms with Crippen LogP contribution in [-0.4, -0.2) is 55.7 Å². The van der Waals surface area contributed by atoms with Crippen molar-refractivity contribution in [3.8, 4) is 5.75 Å². The number of oxime groups is 1. The fraction of sp³-hybridized carbons (Fsp3) is 0.344. The molecule has 0 aromatic heterocycles. The highest BCUT2D eigenvalue weighted by Gasteiger charge is 2.32. The van der Waals surface area contributed by atoms with Gasteiger partial charge in [-0.3, -0.25) is 4.79 Å². The Morgan fingerprint density at radius 2 is 1.75 bits per heavy atom. The van der Waals surface area contributed by atoms with E-state index in [0.29, 0.717) is 12.4 Å². The lowest BCUT2D eigenvalue weighted by Crippen LogP contribution is -2.39. The van der Waals surface area contributed by atoms with E-state index < -0.39 is 18.0 Å². The highest BCUT2D eigenvalue weighted by Crippen LogP contribution is 2.40. The first-order valence-corrected chi connectivity index (χ1v) is 13.4. The number of carbonyl (C=O) groups excluding carboxylic acids is 1. The second kappa shape index (κ2) is 12.7. The van der Waals surface area contributed by atoms with E-state index >= 15 is 0 Å². The molecule has 40 heavy (non-hydrogen) atoms. The van der Waals surface area contributed by atoms with Crippen molar-refractivity contribution in [2.75, 3.05) is 31.7 Å². The van der Waals surface area contributed by atoms with Crippen LogP contribution in [0.5, 0.6) is 5.75 Å². The molecule has 0 amide bonds. The minimum Gasteiger partial charge on any atom is -0.492 e. The number of fused-ring (bicyclic) bond motifs is 1. The molecule has 0 saturated carbocycles. The van der Waals surface area contributed by atoms with E-state index in [1.54, 1.807) is 19.2 Å². The van der Waals surface area contributed by atoms with Crippen LogP contribution < -0.4 is 9.64 Å². The standard InChI is InChI=1S/C32H36N2O6/c1-22(35)40-29(31(36)37)20-23-10-13-26(14-11-23)39-19-18-34-17-16-32(2,3)27-21-25(12-15-28(27)34)30(33-38-4)24-8-6-5-7-9-24/h5-15,21,29H,16-20H2,1-4H3,(H,36,37)/b33-30+/t29-/m0/s1. The van der Waals surface area contributed by atoms with Crippen LogP contribution in [0.2, 0.25) is 0 Å². The minimum absolute atomic E-state index is 0.00726. The van der Waals surface area contributed by atoms with Gasteiger partial charge in [0.1, 0.15) is 25.2 Å². The first-order chi connectivity index (χ1) is 19.2. The third-order valence-corrected chi connectivity index (χ3v) is 7.13. The zero-order valence-corrected chi connectivity index (χ0v) is 23.4. The second-order valence-electron chi connectivity index (χ2n) is 10.5. The number of nitrogens with zero attached hydrogens (tertiary/aromatic N) is 2. The van der Waals surface area contributed by atoms with Gasteiger partial charge in [0.05, 0.1) is 6.54 Å². The number of carboxylic acids is 1. The molecule has 0 unspecified atom stereocenters. The molecule has 3 aromatic rings. The van der Waals surface area contributed by atoms with Gasteiger partial charge in [0.15, 0.2) is 0 Å². The highest BCUT2D eigenvalue weighted by atomic mass is 16.6. The van der Waals surface area contributed by atoms with Crippen molar-refractivity contribution in [2.45, 2.75) is 45.1 Å². The fourth-order valence-corrected chi connectivity index (χ4v) is 4.95. The molecule has 0 spiro atoms. The summed E-state index contributed by atoms with van der Waals surface area (Å²) >= 11 is 0. The topological polar surface area (TPSA) is 97.7 Å². The Labute approximate surface area is 235 Å². The molecule has 8 heteroatoms. The summed E-state index contributed by atoms with van der Waals surface area (Å²) in [6.45, 7) is 7.88. The Hall–Kier alpha value is -4.33. The molecule has 1 heterocycles. The van der Waals surface area contributed by atoms with Crippen molar-refractivity contribution in [1.82, 2.24) is 0 Å². The third kappa shape index (κ3) is 7.00. The van der Waals surface area contributed by atoms with Crippen LogP contribution in [0.1, 0.15) is 49.4 Å². The normalized spacial score (nSPS) is 15.1. The summed E-state index contributed by atoms with van der Waals surface area (Å²) in [6, 6.07) is 23.7. The lowest BCUT2D eigenvalue weighted by molar-refractivity contribution is -0.162. The van der Waals surface area contributed by atoms with E-state index in [9.17, 15) is 14.7 Å². The Kier molecular flexibility index (Phi) is 9.09. The van der Waals surface area contributed by atoms with Gasteiger partial charge in [-0.1, -0.05) is 67.5 Å². The Morgan fingerprint density at radius 1 is 1.02 bits per heavy atom.